The van der Waals surface area contributed by atoms with Crippen molar-refractivity contribution in [3.05, 3.63) is 18.2 Å². The van der Waals surface area contributed by atoms with E-state index in [9.17, 15) is 0 Å². The van der Waals surface area contributed by atoms with Crippen molar-refractivity contribution >= 4 is 35.6 Å². The molecule has 27 heavy (non-hydrogen) atoms. The number of ether oxygens (including phenoxy) is 2. The normalized spacial score (nSPS) is 18.4. The van der Waals surface area contributed by atoms with Crippen LogP contribution in [0.3, 0.4) is 0 Å². The number of guanidine groups is 1. The number of benzene rings is 1. The number of likely N-dealkylation sites (tertiary alicyclic amines) is 1. The van der Waals surface area contributed by atoms with Gasteiger partial charge in [-0.25, -0.2) is 0 Å². The van der Waals surface area contributed by atoms with Gasteiger partial charge < -0.3 is 25.0 Å². The molecule has 0 aromatic heterocycles. The van der Waals surface area contributed by atoms with Crippen LogP contribution in [0.1, 0.15) is 32.6 Å². The summed E-state index contributed by atoms with van der Waals surface area (Å²) in [5, 5.41) is 6.72. The largest absolute Gasteiger partial charge is 0.490 e. The summed E-state index contributed by atoms with van der Waals surface area (Å²) in [6, 6.07) is 5.97. The van der Waals surface area contributed by atoms with E-state index in [1.807, 2.05) is 18.2 Å². The van der Waals surface area contributed by atoms with E-state index in [1.165, 1.54) is 25.9 Å². The zero-order chi connectivity index (χ0) is 18.2. The lowest BCUT2D eigenvalue weighted by Crippen LogP contribution is -2.32. The Bertz CT molecular complexity index is 604. The van der Waals surface area contributed by atoms with Gasteiger partial charge >= 0.3 is 0 Å². The number of hydrogen-bond donors (Lipinski definition) is 2. The van der Waals surface area contributed by atoms with Crippen LogP contribution < -0.4 is 20.1 Å². The Kier molecular flexibility index (Phi) is 9.47. The Labute approximate surface area is 180 Å². The molecule has 0 bridgehead atoms. The van der Waals surface area contributed by atoms with Crippen LogP contribution in [-0.2, 0) is 0 Å². The number of rotatable bonds is 5. The molecule has 2 heterocycles. The molecule has 1 aromatic rings. The monoisotopic (exact) mass is 488 g/mol. The molecule has 0 amide bonds. The van der Waals surface area contributed by atoms with Gasteiger partial charge in [0.05, 0.1) is 13.2 Å². The van der Waals surface area contributed by atoms with Crippen LogP contribution in [0.15, 0.2) is 23.2 Å². The molecule has 0 spiro atoms. The van der Waals surface area contributed by atoms with Gasteiger partial charge in [-0.3, -0.25) is 4.99 Å². The van der Waals surface area contributed by atoms with E-state index >= 15 is 0 Å². The summed E-state index contributed by atoms with van der Waals surface area (Å²) >= 11 is 0. The summed E-state index contributed by atoms with van der Waals surface area (Å²) in [6.07, 6.45) is 4.65. The van der Waals surface area contributed by atoms with Crippen molar-refractivity contribution in [3.8, 4) is 11.5 Å². The van der Waals surface area contributed by atoms with Gasteiger partial charge in [0, 0.05) is 31.3 Å². The summed E-state index contributed by atoms with van der Waals surface area (Å²) < 4.78 is 11.5. The molecule has 2 aliphatic heterocycles. The van der Waals surface area contributed by atoms with Gasteiger partial charge in [-0.1, -0.05) is 0 Å². The Morgan fingerprint density at radius 2 is 1.93 bits per heavy atom. The van der Waals surface area contributed by atoms with Crippen molar-refractivity contribution in [3.63, 3.8) is 0 Å². The minimum Gasteiger partial charge on any atom is -0.490 e. The standard InChI is InChI=1S/C20H32N4O2.HI/c1-3-21-20(22-10-7-16-8-11-24(2)12-9-16)23-17-5-6-18-19(15-17)26-14-4-13-25-18;/h5-6,15-16H,3-4,7-14H2,1-2H3,(H2,21,22,23);1H. The predicted octanol–water partition coefficient (Wildman–Crippen LogP) is 3.58. The minimum absolute atomic E-state index is 0. The summed E-state index contributed by atoms with van der Waals surface area (Å²) in [4.78, 5) is 7.17. The highest BCUT2D eigenvalue weighted by Crippen LogP contribution is 2.32. The number of anilines is 1. The lowest BCUT2D eigenvalue weighted by atomic mass is 9.94. The highest BCUT2D eigenvalue weighted by molar-refractivity contribution is 14.0. The Balaban J connectivity index is 0.00000261. The molecule has 0 radical (unpaired) electrons. The number of piperidine rings is 1. The van der Waals surface area contributed by atoms with Gasteiger partial charge in [-0.2, -0.15) is 0 Å². The van der Waals surface area contributed by atoms with Gasteiger partial charge in [-0.15, -0.1) is 24.0 Å². The Hall–Kier alpha value is -1.22. The fourth-order valence-corrected chi connectivity index (χ4v) is 3.39. The van der Waals surface area contributed by atoms with Crippen LogP contribution in [0.2, 0.25) is 0 Å². The SMILES string of the molecule is CCNC(=NCCC1CCN(C)CC1)Nc1ccc2c(c1)OCCCO2.I. The summed E-state index contributed by atoms with van der Waals surface area (Å²) in [5.74, 6) is 3.25. The molecule has 3 rings (SSSR count). The van der Waals surface area contributed by atoms with Gasteiger partial charge in [-0.05, 0) is 64.4 Å². The fourth-order valence-electron chi connectivity index (χ4n) is 3.39. The molecular formula is C20H33IN4O2. The topological polar surface area (TPSA) is 58.1 Å². The average molecular weight is 488 g/mol. The van der Waals surface area contributed by atoms with Gasteiger partial charge in [0.1, 0.15) is 0 Å². The highest BCUT2D eigenvalue weighted by Gasteiger charge is 2.16. The summed E-state index contributed by atoms with van der Waals surface area (Å²) in [6.45, 7) is 7.61. The maximum absolute atomic E-state index is 5.77. The van der Waals surface area contributed by atoms with Crippen molar-refractivity contribution in [2.75, 3.05) is 51.8 Å². The van der Waals surface area contributed by atoms with Crippen molar-refractivity contribution in [1.82, 2.24) is 10.2 Å². The molecule has 0 saturated carbocycles. The van der Waals surface area contributed by atoms with E-state index in [0.717, 1.165) is 55.0 Å². The summed E-state index contributed by atoms with van der Waals surface area (Å²) in [5.41, 5.74) is 0.966. The number of fused-ring (bicyclic) bond motifs is 1. The number of aliphatic imine (C=N–C) groups is 1. The van der Waals surface area contributed by atoms with Gasteiger partial charge in [0.15, 0.2) is 17.5 Å². The molecule has 0 unspecified atom stereocenters. The first-order chi connectivity index (χ1) is 12.7. The van der Waals surface area contributed by atoms with Crippen molar-refractivity contribution < 1.29 is 9.47 Å². The van der Waals surface area contributed by atoms with Crippen molar-refractivity contribution in [2.45, 2.75) is 32.6 Å². The zero-order valence-electron chi connectivity index (χ0n) is 16.5. The molecule has 6 nitrogen and oxygen atoms in total. The third kappa shape index (κ3) is 7.03. The van der Waals surface area contributed by atoms with E-state index in [0.29, 0.717) is 13.2 Å². The smallest absolute Gasteiger partial charge is 0.195 e. The molecule has 1 aromatic carbocycles. The number of halogens is 1. The molecule has 0 atom stereocenters. The van der Waals surface area contributed by atoms with Crippen LogP contribution in [-0.4, -0.2) is 57.3 Å². The first-order valence-corrected chi connectivity index (χ1v) is 9.88. The molecule has 7 heteroatoms. The minimum atomic E-state index is 0. The van der Waals surface area contributed by atoms with Crippen LogP contribution in [0, 0.1) is 5.92 Å². The maximum atomic E-state index is 5.77. The highest BCUT2D eigenvalue weighted by atomic mass is 127. The van der Waals surface area contributed by atoms with Crippen LogP contribution in [0.4, 0.5) is 5.69 Å². The second-order valence-electron chi connectivity index (χ2n) is 7.13. The molecule has 0 aliphatic carbocycles. The number of hydrogen-bond acceptors (Lipinski definition) is 4. The molecule has 2 N–H and O–H groups in total. The van der Waals surface area contributed by atoms with Crippen LogP contribution >= 0.6 is 24.0 Å². The van der Waals surface area contributed by atoms with E-state index in [-0.39, 0.29) is 24.0 Å². The first kappa shape index (κ1) is 22.1. The average Bonchev–Trinajstić information content (AvgIpc) is 2.88. The second-order valence-corrected chi connectivity index (χ2v) is 7.13. The lowest BCUT2D eigenvalue weighted by Gasteiger charge is -2.28. The summed E-state index contributed by atoms with van der Waals surface area (Å²) in [7, 11) is 2.21. The van der Waals surface area contributed by atoms with Crippen molar-refractivity contribution in [1.29, 1.82) is 0 Å². The number of nitrogens with zero attached hydrogens (tertiary/aromatic N) is 2. The van der Waals surface area contributed by atoms with Gasteiger partial charge in [0.25, 0.3) is 0 Å². The Morgan fingerprint density at radius 1 is 1.19 bits per heavy atom. The maximum Gasteiger partial charge on any atom is 0.195 e. The van der Waals surface area contributed by atoms with E-state index in [1.54, 1.807) is 0 Å². The zero-order valence-corrected chi connectivity index (χ0v) is 18.8. The van der Waals surface area contributed by atoms with Gasteiger partial charge in [0.2, 0.25) is 0 Å². The van der Waals surface area contributed by atoms with Crippen molar-refractivity contribution in [2.24, 2.45) is 10.9 Å². The molecule has 152 valence electrons. The van der Waals surface area contributed by atoms with Crippen LogP contribution in [0.25, 0.3) is 0 Å². The van der Waals surface area contributed by atoms with E-state index in [2.05, 4.69) is 29.5 Å². The molecule has 1 saturated heterocycles. The lowest BCUT2D eigenvalue weighted by molar-refractivity contribution is 0.214. The van der Waals surface area contributed by atoms with E-state index < -0.39 is 0 Å². The molecular weight excluding hydrogens is 455 g/mol. The first-order valence-electron chi connectivity index (χ1n) is 9.88. The third-order valence-corrected chi connectivity index (χ3v) is 5.00. The quantitative estimate of drug-likeness (QED) is 0.377. The molecule has 1 fully saturated rings. The predicted molar refractivity (Wildman–Crippen MR) is 122 cm³/mol. The fraction of sp³-hybridized carbons (Fsp3) is 0.650. The van der Waals surface area contributed by atoms with Crippen LogP contribution in [0.5, 0.6) is 11.5 Å². The van der Waals surface area contributed by atoms with E-state index in [4.69, 9.17) is 14.5 Å². The molecule has 2 aliphatic rings. The number of nitrogens with one attached hydrogen (secondary N) is 2. The Morgan fingerprint density at radius 3 is 2.67 bits per heavy atom. The second kappa shape index (κ2) is 11.6. The third-order valence-electron chi connectivity index (χ3n) is 5.00.